The number of hydrogen-bond donors (Lipinski definition) is 1. The van der Waals surface area contributed by atoms with Crippen molar-refractivity contribution in [3.05, 3.63) is 23.8 Å². The number of hydrogen-bond acceptors (Lipinski definition) is 4. The normalized spacial score (nSPS) is 20.4. The smallest absolute Gasteiger partial charge is 0.161 e. The van der Waals surface area contributed by atoms with Gasteiger partial charge in [-0.2, -0.15) is 0 Å². The van der Waals surface area contributed by atoms with Gasteiger partial charge in [0.25, 0.3) is 0 Å². The molecule has 2 aliphatic rings. The van der Waals surface area contributed by atoms with Crippen molar-refractivity contribution in [2.24, 2.45) is 5.41 Å². The first-order valence-corrected chi connectivity index (χ1v) is 9.56. The average Bonchev–Trinajstić information content (AvgIpc) is 2.97. The fourth-order valence-electron chi connectivity index (χ4n) is 4.04. The van der Waals surface area contributed by atoms with Gasteiger partial charge in [-0.3, -0.25) is 4.90 Å². The van der Waals surface area contributed by atoms with Crippen LogP contribution in [0.25, 0.3) is 0 Å². The third-order valence-corrected chi connectivity index (χ3v) is 5.36. The van der Waals surface area contributed by atoms with Crippen molar-refractivity contribution in [3.63, 3.8) is 0 Å². The van der Waals surface area contributed by atoms with E-state index >= 15 is 0 Å². The largest absolute Gasteiger partial charge is 0.490 e. The second-order valence-corrected chi connectivity index (χ2v) is 7.27. The van der Waals surface area contributed by atoms with Crippen LogP contribution in [0.15, 0.2) is 18.2 Å². The predicted octanol–water partition coefficient (Wildman–Crippen LogP) is 3.45. The molecular formula is C20H32N2O2. The van der Waals surface area contributed by atoms with Crippen LogP contribution >= 0.6 is 0 Å². The molecule has 0 saturated carbocycles. The maximum Gasteiger partial charge on any atom is 0.161 e. The molecule has 0 bridgehead atoms. The summed E-state index contributed by atoms with van der Waals surface area (Å²) in [5, 5.41) is 3.50. The lowest BCUT2D eigenvalue weighted by atomic mass is 9.78. The Hall–Kier alpha value is -1.26. The van der Waals surface area contributed by atoms with E-state index in [0.717, 1.165) is 31.1 Å². The summed E-state index contributed by atoms with van der Waals surface area (Å²) in [5.41, 5.74) is 1.89. The highest BCUT2D eigenvalue weighted by Gasteiger charge is 2.38. The van der Waals surface area contributed by atoms with Crippen molar-refractivity contribution in [3.8, 4) is 11.5 Å². The van der Waals surface area contributed by atoms with Gasteiger partial charge in [-0.1, -0.05) is 13.0 Å². The minimum atomic E-state index is 0.568. The third-order valence-electron chi connectivity index (χ3n) is 5.36. The molecule has 24 heavy (non-hydrogen) atoms. The number of piperidine rings is 1. The number of rotatable bonds is 7. The molecule has 2 heterocycles. The van der Waals surface area contributed by atoms with Gasteiger partial charge in [0.05, 0.1) is 13.2 Å². The second kappa shape index (κ2) is 8.21. The molecule has 1 N–H and O–H groups in total. The lowest BCUT2D eigenvalue weighted by Crippen LogP contribution is -2.38. The van der Waals surface area contributed by atoms with Gasteiger partial charge >= 0.3 is 0 Å². The summed E-state index contributed by atoms with van der Waals surface area (Å²) in [6, 6.07) is 6.44. The van der Waals surface area contributed by atoms with Gasteiger partial charge in [0.15, 0.2) is 11.5 Å². The van der Waals surface area contributed by atoms with Crippen molar-refractivity contribution < 1.29 is 9.47 Å². The molecule has 4 heteroatoms. The van der Waals surface area contributed by atoms with Gasteiger partial charge < -0.3 is 14.8 Å². The highest BCUT2D eigenvalue weighted by molar-refractivity contribution is 5.43. The molecule has 0 radical (unpaired) electrons. The Balaban J connectivity index is 1.63. The number of likely N-dealkylation sites (tertiary alicyclic amines) is 1. The van der Waals surface area contributed by atoms with Crippen molar-refractivity contribution in [1.82, 2.24) is 10.2 Å². The van der Waals surface area contributed by atoms with Crippen LogP contribution in [-0.2, 0) is 6.54 Å². The summed E-state index contributed by atoms with van der Waals surface area (Å²) in [7, 11) is 0. The van der Waals surface area contributed by atoms with Gasteiger partial charge in [0.1, 0.15) is 0 Å². The highest BCUT2D eigenvalue weighted by atomic mass is 16.5. The van der Waals surface area contributed by atoms with Crippen molar-refractivity contribution in [2.45, 2.75) is 46.1 Å². The van der Waals surface area contributed by atoms with Crippen molar-refractivity contribution in [2.75, 3.05) is 39.4 Å². The van der Waals surface area contributed by atoms with Crippen molar-refractivity contribution in [1.29, 1.82) is 0 Å². The molecule has 4 nitrogen and oxygen atoms in total. The van der Waals surface area contributed by atoms with Crippen LogP contribution in [0, 0.1) is 5.41 Å². The molecule has 0 unspecified atom stereocenters. The first kappa shape index (κ1) is 17.6. The van der Waals surface area contributed by atoms with E-state index in [2.05, 4.69) is 35.3 Å². The Labute approximate surface area is 146 Å². The molecule has 134 valence electrons. The zero-order valence-corrected chi connectivity index (χ0v) is 15.3. The van der Waals surface area contributed by atoms with E-state index in [4.69, 9.17) is 9.47 Å². The molecule has 1 aromatic rings. The van der Waals surface area contributed by atoms with Gasteiger partial charge in [-0.05, 0) is 75.4 Å². The van der Waals surface area contributed by atoms with E-state index < -0.39 is 0 Å². The topological polar surface area (TPSA) is 33.7 Å². The Kier molecular flexibility index (Phi) is 6.01. The van der Waals surface area contributed by atoms with E-state index in [1.807, 2.05) is 6.92 Å². The van der Waals surface area contributed by atoms with Crippen LogP contribution in [0.3, 0.4) is 0 Å². The van der Waals surface area contributed by atoms with Crippen LogP contribution in [0.1, 0.15) is 45.1 Å². The molecule has 2 fully saturated rings. The molecule has 2 aliphatic heterocycles. The maximum atomic E-state index is 5.81. The molecule has 0 aliphatic carbocycles. The number of ether oxygens (including phenoxy) is 2. The zero-order chi connectivity index (χ0) is 16.8. The summed E-state index contributed by atoms with van der Waals surface area (Å²) < 4.78 is 11.6. The van der Waals surface area contributed by atoms with Gasteiger partial charge in [-0.25, -0.2) is 0 Å². The first-order valence-electron chi connectivity index (χ1n) is 9.56. The van der Waals surface area contributed by atoms with E-state index in [9.17, 15) is 0 Å². The minimum Gasteiger partial charge on any atom is -0.490 e. The second-order valence-electron chi connectivity index (χ2n) is 7.27. The minimum absolute atomic E-state index is 0.568. The Morgan fingerprint density at radius 2 is 1.92 bits per heavy atom. The lowest BCUT2D eigenvalue weighted by molar-refractivity contribution is 0.194. The Morgan fingerprint density at radius 1 is 1.08 bits per heavy atom. The third kappa shape index (κ3) is 4.22. The monoisotopic (exact) mass is 332 g/mol. The number of benzene rings is 1. The quantitative estimate of drug-likeness (QED) is 0.829. The van der Waals surface area contributed by atoms with Crippen LogP contribution in [0.2, 0.25) is 0 Å². The van der Waals surface area contributed by atoms with Crippen LogP contribution < -0.4 is 14.8 Å². The molecule has 2 saturated heterocycles. The van der Waals surface area contributed by atoms with Gasteiger partial charge in [-0.15, -0.1) is 0 Å². The first-order chi connectivity index (χ1) is 11.7. The molecule has 1 spiro atoms. The van der Waals surface area contributed by atoms with E-state index in [1.165, 1.54) is 51.0 Å². The Morgan fingerprint density at radius 3 is 2.67 bits per heavy atom. The van der Waals surface area contributed by atoms with E-state index in [-0.39, 0.29) is 0 Å². The molecule has 0 aromatic heterocycles. The summed E-state index contributed by atoms with van der Waals surface area (Å²) in [6.07, 6.45) is 5.03. The standard InChI is InChI=1S/C20H32N2O2/c1-3-13-24-18-6-5-17(14-19(18)23-4-2)15-22-12-9-20(16-22)7-10-21-11-8-20/h5-6,14,21H,3-4,7-13,15-16H2,1-2H3. The molecule has 0 atom stereocenters. The van der Waals surface area contributed by atoms with E-state index in [0.29, 0.717) is 12.0 Å². The zero-order valence-electron chi connectivity index (χ0n) is 15.3. The van der Waals surface area contributed by atoms with Crippen LogP contribution in [-0.4, -0.2) is 44.3 Å². The molecule has 0 amide bonds. The molecular weight excluding hydrogens is 300 g/mol. The van der Waals surface area contributed by atoms with Gasteiger partial charge in [0, 0.05) is 13.1 Å². The predicted molar refractivity (Wildman–Crippen MR) is 97.8 cm³/mol. The average molecular weight is 332 g/mol. The van der Waals surface area contributed by atoms with E-state index in [1.54, 1.807) is 0 Å². The summed E-state index contributed by atoms with van der Waals surface area (Å²) in [4.78, 5) is 2.61. The summed E-state index contributed by atoms with van der Waals surface area (Å²) >= 11 is 0. The fourth-order valence-corrected chi connectivity index (χ4v) is 4.04. The van der Waals surface area contributed by atoms with Crippen LogP contribution in [0.4, 0.5) is 0 Å². The highest BCUT2D eigenvalue weighted by Crippen LogP contribution is 2.39. The number of nitrogens with one attached hydrogen (secondary N) is 1. The van der Waals surface area contributed by atoms with Crippen molar-refractivity contribution >= 4 is 0 Å². The van der Waals surface area contributed by atoms with Gasteiger partial charge in [0.2, 0.25) is 0 Å². The Bertz CT molecular complexity index is 526. The fraction of sp³-hybridized carbons (Fsp3) is 0.700. The maximum absolute atomic E-state index is 5.81. The summed E-state index contributed by atoms with van der Waals surface area (Å²) in [6.45, 7) is 11.4. The molecule has 1 aromatic carbocycles. The number of nitrogens with zero attached hydrogens (tertiary/aromatic N) is 1. The van der Waals surface area contributed by atoms with Crippen LogP contribution in [0.5, 0.6) is 11.5 Å². The lowest BCUT2D eigenvalue weighted by Gasteiger charge is -2.34. The SMILES string of the molecule is CCCOc1ccc(CN2CCC3(CCNCC3)C2)cc1OCC. The summed E-state index contributed by atoms with van der Waals surface area (Å²) in [5.74, 6) is 1.76. The molecule has 3 rings (SSSR count).